The van der Waals surface area contributed by atoms with Crippen LogP contribution in [0.5, 0.6) is 0 Å². The highest BCUT2D eigenvalue weighted by atomic mass is 19.4. The molecule has 0 radical (unpaired) electrons. The molecule has 0 bridgehead atoms. The SMILES string of the molecule is CC[C@@]1(c2ccccc2)C2=CN=NC2NC2=C1C(=O)C[C@](C)(C(F)(F)F)C2. The van der Waals surface area contributed by atoms with E-state index in [2.05, 4.69) is 15.5 Å². The molecule has 4 nitrogen and oxygen atoms in total. The van der Waals surface area contributed by atoms with E-state index in [1.54, 1.807) is 6.20 Å². The van der Waals surface area contributed by atoms with Gasteiger partial charge in [0.25, 0.3) is 0 Å². The first-order chi connectivity index (χ1) is 12.7. The fourth-order valence-electron chi connectivity index (χ4n) is 4.64. The van der Waals surface area contributed by atoms with Crippen molar-refractivity contribution < 1.29 is 18.0 Å². The summed E-state index contributed by atoms with van der Waals surface area (Å²) in [5.74, 6) is -0.458. The van der Waals surface area contributed by atoms with Crippen molar-refractivity contribution >= 4 is 5.78 Å². The summed E-state index contributed by atoms with van der Waals surface area (Å²) in [7, 11) is 0. The van der Waals surface area contributed by atoms with E-state index in [1.165, 1.54) is 0 Å². The number of rotatable bonds is 2. The number of alkyl halides is 3. The van der Waals surface area contributed by atoms with Gasteiger partial charge >= 0.3 is 6.18 Å². The third-order valence-corrected chi connectivity index (χ3v) is 6.08. The van der Waals surface area contributed by atoms with Crippen molar-refractivity contribution in [3.8, 4) is 0 Å². The van der Waals surface area contributed by atoms with Crippen LogP contribution in [0.2, 0.25) is 0 Å². The lowest BCUT2D eigenvalue weighted by atomic mass is 9.58. The number of hydrogen-bond acceptors (Lipinski definition) is 4. The zero-order valence-corrected chi connectivity index (χ0v) is 15.1. The lowest BCUT2D eigenvalue weighted by Crippen LogP contribution is -2.53. The number of halogens is 3. The summed E-state index contributed by atoms with van der Waals surface area (Å²) in [6.45, 7) is 3.07. The van der Waals surface area contributed by atoms with Crippen molar-refractivity contribution in [2.75, 3.05) is 0 Å². The number of azo groups is 1. The van der Waals surface area contributed by atoms with Gasteiger partial charge in [-0.2, -0.15) is 23.4 Å². The van der Waals surface area contributed by atoms with E-state index in [9.17, 15) is 18.0 Å². The van der Waals surface area contributed by atoms with Gasteiger partial charge in [-0.3, -0.25) is 4.79 Å². The number of nitrogens with one attached hydrogen (secondary N) is 1. The monoisotopic (exact) mass is 375 g/mol. The molecule has 27 heavy (non-hydrogen) atoms. The van der Waals surface area contributed by atoms with Crippen molar-refractivity contribution in [1.82, 2.24) is 5.32 Å². The molecule has 2 aliphatic heterocycles. The Morgan fingerprint density at radius 2 is 1.93 bits per heavy atom. The number of benzene rings is 1. The number of ketones is 1. The first-order valence-corrected chi connectivity index (χ1v) is 8.99. The van der Waals surface area contributed by atoms with Gasteiger partial charge in [0, 0.05) is 29.7 Å². The molecule has 2 heterocycles. The fourth-order valence-corrected chi connectivity index (χ4v) is 4.64. The Hall–Kier alpha value is -2.44. The lowest BCUT2D eigenvalue weighted by Gasteiger charge is -2.48. The van der Waals surface area contributed by atoms with E-state index in [0.717, 1.165) is 18.1 Å². The number of carbonyl (C=O) groups is 1. The molecule has 3 atom stereocenters. The molecular weight excluding hydrogens is 355 g/mol. The van der Waals surface area contributed by atoms with Crippen LogP contribution in [0.25, 0.3) is 0 Å². The van der Waals surface area contributed by atoms with Crippen LogP contribution >= 0.6 is 0 Å². The van der Waals surface area contributed by atoms with Gasteiger partial charge < -0.3 is 5.32 Å². The van der Waals surface area contributed by atoms with E-state index in [1.807, 2.05) is 37.3 Å². The predicted molar refractivity (Wildman–Crippen MR) is 93.7 cm³/mol. The number of allylic oxidation sites excluding steroid dienone is 2. The molecule has 0 amide bonds. The van der Waals surface area contributed by atoms with Gasteiger partial charge in [-0.05, 0) is 12.0 Å². The van der Waals surface area contributed by atoms with Crippen LogP contribution in [-0.2, 0) is 10.2 Å². The van der Waals surface area contributed by atoms with Crippen LogP contribution in [0.3, 0.4) is 0 Å². The maximum Gasteiger partial charge on any atom is 0.395 e. The molecule has 0 saturated carbocycles. The minimum absolute atomic E-state index is 0.258. The zero-order valence-electron chi connectivity index (χ0n) is 15.1. The van der Waals surface area contributed by atoms with Crippen LogP contribution in [0, 0.1) is 5.41 Å². The van der Waals surface area contributed by atoms with Crippen LogP contribution in [-0.4, -0.2) is 18.1 Å². The zero-order chi connectivity index (χ0) is 19.4. The van der Waals surface area contributed by atoms with Gasteiger partial charge in [0.1, 0.15) is 0 Å². The maximum atomic E-state index is 13.7. The van der Waals surface area contributed by atoms with Crippen LogP contribution in [0.4, 0.5) is 13.2 Å². The Kier molecular flexibility index (Phi) is 3.84. The maximum absolute atomic E-state index is 13.7. The highest BCUT2D eigenvalue weighted by Gasteiger charge is 2.59. The van der Waals surface area contributed by atoms with E-state index in [-0.39, 0.29) is 6.42 Å². The molecule has 0 saturated heterocycles. The van der Waals surface area contributed by atoms with Gasteiger partial charge in [0.05, 0.1) is 17.0 Å². The Bertz CT molecular complexity index is 887. The van der Waals surface area contributed by atoms with Gasteiger partial charge in [-0.15, -0.1) is 0 Å². The van der Waals surface area contributed by atoms with Crippen LogP contribution < -0.4 is 5.32 Å². The quantitative estimate of drug-likeness (QED) is 0.807. The molecule has 0 fully saturated rings. The van der Waals surface area contributed by atoms with E-state index < -0.39 is 35.4 Å². The summed E-state index contributed by atoms with van der Waals surface area (Å²) in [6.07, 6.45) is -3.62. The Labute approximate surface area is 155 Å². The van der Waals surface area contributed by atoms with Crippen molar-refractivity contribution in [2.24, 2.45) is 15.6 Å². The smallest absolute Gasteiger partial charge is 0.362 e. The number of hydrogen-bond donors (Lipinski definition) is 1. The summed E-state index contributed by atoms with van der Waals surface area (Å²) >= 11 is 0. The molecule has 3 aliphatic rings. The number of Topliss-reactive ketones (excluding diaryl/α,β-unsaturated/α-hetero) is 1. The molecule has 0 aromatic heterocycles. The van der Waals surface area contributed by atoms with Gasteiger partial charge in [-0.1, -0.05) is 44.2 Å². The van der Waals surface area contributed by atoms with Gasteiger partial charge in [0.2, 0.25) is 0 Å². The van der Waals surface area contributed by atoms with Crippen molar-refractivity contribution in [1.29, 1.82) is 0 Å². The summed E-state index contributed by atoms with van der Waals surface area (Å²) in [5.41, 5.74) is -0.399. The third-order valence-electron chi connectivity index (χ3n) is 6.08. The first kappa shape index (κ1) is 17.9. The van der Waals surface area contributed by atoms with Crippen molar-refractivity contribution in [2.45, 2.75) is 50.9 Å². The average molecular weight is 375 g/mol. The third kappa shape index (κ3) is 2.40. The van der Waals surface area contributed by atoms with Gasteiger partial charge in [0.15, 0.2) is 11.9 Å². The van der Waals surface area contributed by atoms with Crippen molar-refractivity contribution in [3.05, 3.63) is 58.9 Å². The summed E-state index contributed by atoms with van der Waals surface area (Å²) < 4.78 is 41.0. The fraction of sp³-hybridized carbons (Fsp3) is 0.450. The molecule has 0 spiro atoms. The Morgan fingerprint density at radius 3 is 2.56 bits per heavy atom. The molecular formula is C20H20F3N3O. The number of fused-ring (bicyclic) bond motifs is 1. The van der Waals surface area contributed by atoms with Gasteiger partial charge in [-0.25, -0.2) is 0 Å². The molecule has 4 rings (SSSR count). The minimum Gasteiger partial charge on any atom is -0.362 e. The van der Waals surface area contributed by atoms with E-state index in [4.69, 9.17) is 0 Å². The normalized spacial score (nSPS) is 32.7. The second-order valence-electron chi connectivity index (χ2n) is 7.68. The second kappa shape index (κ2) is 5.78. The molecule has 1 aromatic carbocycles. The highest BCUT2D eigenvalue weighted by molar-refractivity contribution is 6.01. The van der Waals surface area contributed by atoms with E-state index >= 15 is 0 Å². The van der Waals surface area contributed by atoms with Crippen molar-refractivity contribution in [3.63, 3.8) is 0 Å². The summed E-state index contributed by atoms with van der Waals surface area (Å²) in [6, 6.07) is 9.46. The molecule has 7 heteroatoms. The average Bonchev–Trinajstić information content (AvgIpc) is 3.08. The predicted octanol–water partition coefficient (Wildman–Crippen LogP) is 4.80. The second-order valence-corrected chi connectivity index (χ2v) is 7.68. The molecule has 1 N–H and O–H groups in total. The largest absolute Gasteiger partial charge is 0.395 e. The number of nitrogens with zero attached hydrogens (tertiary/aromatic N) is 2. The first-order valence-electron chi connectivity index (χ1n) is 8.99. The number of carbonyl (C=O) groups excluding carboxylic acids is 1. The molecule has 1 aliphatic carbocycles. The molecule has 1 aromatic rings. The Balaban J connectivity index is 1.95. The molecule has 1 unspecified atom stereocenters. The summed E-state index contributed by atoms with van der Waals surface area (Å²) in [4.78, 5) is 13.1. The standard InChI is InChI=1S/C20H20F3N3O/c1-3-19(12-7-5-4-6-8-12)13-11-24-26-17(13)25-14-9-18(2,20(21,22)23)10-15(27)16(14)19/h4-8,11,17,25H,3,9-10H2,1-2H3/t17?,18-,19-/m1/s1. The summed E-state index contributed by atoms with van der Waals surface area (Å²) in [5, 5.41) is 11.2. The van der Waals surface area contributed by atoms with Crippen LogP contribution in [0.15, 0.2) is 63.6 Å². The molecule has 142 valence electrons. The lowest BCUT2D eigenvalue weighted by molar-refractivity contribution is -0.221. The minimum atomic E-state index is -4.46. The van der Waals surface area contributed by atoms with Crippen LogP contribution in [0.1, 0.15) is 38.7 Å². The highest BCUT2D eigenvalue weighted by Crippen LogP contribution is 2.56. The Morgan fingerprint density at radius 1 is 1.22 bits per heavy atom. The topological polar surface area (TPSA) is 53.8 Å². The van der Waals surface area contributed by atoms with E-state index in [0.29, 0.717) is 17.7 Å².